The van der Waals surface area contributed by atoms with E-state index in [4.69, 9.17) is 4.98 Å². The quantitative estimate of drug-likeness (QED) is 0.323. The van der Waals surface area contributed by atoms with Crippen LogP contribution in [0.1, 0.15) is 39.0 Å². The summed E-state index contributed by atoms with van der Waals surface area (Å²) in [5, 5.41) is 1.85. The summed E-state index contributed by atoms with van der Waals surface area (Å²) >= 11 is 0.778. The Morgan fingerprint density at radius 3 is 2.29 bits per heavy atom. The van der Waals surface area contributed by atoms with Crippen LogP contribution in [-0.2, 0) is 13.0 Å². The molecule has 5 nitrogen and oxygen atoms in total. The highest BCUT2D eigenvalue weighted by atomic mass is 32.2. The number of pyridine rings is 1. The topological polar surface area (TPSA) is 64.0 Å². The molecule has 5 aromatic rings. The van der Waals surface area contributed by atoms with Crippen LogP contribution in [0, 0.1) is 0 Å². The Morgan fingerprint density at radius 2 is 1.56 bits per heavy atom. The maximum atomic E-state index is 13.0. The van der Waals surface area contributed by atoms with Crippen LogP contribution in [0.3, 0.4) is 0 Å². The molecule has 0 fully saturated rings. The van der Waals surface area contributed by atoms with Crippen LogP contribution in [0.25, 0.3) is 21.8 Å². The van der Waals surface area contributed by atoms with Crippen molar-refractivity contribution >= 4 is 44.8 Å². The molecule has 6 heteroatoms. The summed E-state index contributed by atoms with van der Waals surface area (Å²) in [6.07, 6.45) is 0.679. The standard InChI is InChI=1S/C28H23N3O2S/c1-2-23-26-22(17-24(29-23)27(32)30-34-28(33)20-13-7-4-8-14-20)21-15-9-10-16-25(21)31(26)18-19-11-5-3-6-12-19/h3-17H,2,18H2,1H3,(H,30,32). The van der Waals surface area contributed by atoms with Crippen LogP contribution in [0.4, 0.5) is 0 Å². The minimum Gasteiger partial charge on any atom is -0.334 e. The summed E-state index contributed by atoms with van der Waals surface area (Å²) in [7, 11) is 0. The fourth-order valence-corrected chi connectivity index (χ4v) is 4.77. The fourth-order valence-electron chi connectivity index (χ4n) is 4.23. The Bertz CT molecular complexity index is 1490. The molecular formula is C28H23N3O2S. The molecule has 34 heavy (non-hydrogen) atoms. The molecule has 0 aliphatic rings. The van der Waals surface area contributed by atoms with Crippen molar-refractivity contribution in [2.24, 2.45) is 0 Å². The van der Waals surface area contributed by atoms with Crippen LogP contribution in [-0.4, -0.2) is 20.6 Å². The van der Waals surface area contributed by atoms with Crippen molar-refractivity contribution in [1.82, 2.24) is 14.3 Å². The van der Waals surface area contributed by atoms with E-state index >= 15 is 0 Å². The number of carbonyl (C=O) groups excluding carboxylic acids is 2. The van der Waals surface area contributed by atoms with Gasteiger partial charge in [-0.25, -0.2) is 4.98 Å². The molecule has 168 valence electrons. The number of hydrogen-bond donors (Lipinski definition) is 1. The third-order valence-corrected chi connectivity index (χ3v) is 6.53. The Balaban J connectivity index is 1.53. The summed E-state index contributed by atoms with van der Waals surface area (Å²) in [5.74, 6) is -0.384. The smallest absolute Gasteiger partial charge is 0.280 e. The van der Waals surface area contributed by atoms with Crippen molar-refractivity contribution in [3.8, 4) is 0 Å². The van der Waals surface area contributed by atoms with Gasteiger partial charge in [0.2, 0.25) is 5.12 Å². The summed E-state index contributed by atoms with van der Waals surface area (Å²) in [6.45, 7) is 2.76. The first kappa shape index (κ1) is 21.9. The zero-order valence-corrected chi connectivity index (χ0v) is 19.5. The fraction of sp³-hybridized carbons (Fsp3) is 0.107. The molecule has 0 atom stereocenters. The first-order chi connectivity index (χ1) is 16.7. The highest BCUT2D eigenvalue weighted by Crippen LogP contribution is 2.32. The number of rotatable bonds is 5. The minimum absolute atomic E-state index is 0.217. The van der Waals surface area contributed by atoms with Crippen molar-refractivity contribution in [3.05, 3.63) is 114 Å². The van der Waals surface area contributed by atoms with E-state index in [9.17, 15) is 9.59 Å². The molecule has 0 saturated heterocycles. The van der Waals surface area contributed by atoms with E-state index < -0.39 is 0 Å². The van der Waals surface area contributed by atoms with Crippen molar-refractivity contribution in [1.29, 1.82) is 0 Å². The second-order valence-electron chi connectivity index (χ2n) is 7.98. The number of aryl methyl sites for hydroxylation is 1. The summed E-state index contributed by atoms with van der Waals surface area (Å²) in [4.78, 5) is 30.1. The molecule has 1 amide bonds. The third kappa shape index (κ3) is 4.20. The van der Waals surface area contributed by atoms with E-state index in [1.54, 1.807) is 24.3 Å². The molecule has 0 spiro atoms. The maximum absolute atomic E-state index is 13.0. The highest BCUT2D eigenvalue weighted by molar-refractivity contribution is 8.12. The lowest BCUT2D eigenvalue weighted by atomic mass is 10.1. The number of amides is 1. The maximum Gasteiger partial charge on any atom is 0.280 e. The van der Waals surface area contributed by atoms with Crippen LogP contribution in [0.2, 0.25) is 0 Å². The lowest BCUT2D eigenvalue weighted by Crippen LogP contribution is -2.20. The molecule has 2 heterocycles. The first-order valence-corrected chi connectivity index (χ1v) is 12.0. The average Bonchev–Trinajstić information content (AvgIpc) is 3.21. The van der Waals surface area contributed by atoms with E-state index in [2.05, 4.69) is 33.6 Å². The molecule has 3 aromatic carbocycles. The minimum atomic E-state index is -0.384. The normalized spacial score (nSPS) is 11.1. The Morgan fingerprint density at radius 1 is 0.882 bits per heavy atom. The second-order valence-corrected chi connectivity index (χ2v) is 8.76. The van der Waals surface area contributed by atoms with E-state index in [-0.39, 0.29) is 11.0 Å². The van der Waals surface area contributed by atoms with Crippen LogP contribution in [0.15, 0.2) is 91.0 Å². The number of hydrogen-bond acceptors (Lipinski definition) is 4. The van der Waals surface area contributed by atoms with Gasteiger partial charge in [0.1, 0.15) is 5.69 Å². The molecule has 0 bridgehead atoms. The van der Waals surface area contributed by atoms with Gasteiger partial charge in [0.15, 0.2) is 0 Å². The number of para-hydroxylation sites is 1. The van der Waals surface area contributed by atoms with Crippen molar-refractivity contribution in [2.45, 2.75) is 19.9 Å². The van der Waals surface area contributed by atoms with Gasteiger partial charge in [0.25, 0.3) is 5.91 Å². The van der Waals surface area contributed by atoms with Crippen LogP contribution >= 0.6 is 11.9 Å². The number of nitrogens with one attached hydrogen (secondary N) is 1. The molecule has 2 aromatic heterocycles. The number of aromatic nitrogens is 2. The SMILES string of the molecule is CCc1nc(C(=O)NSC(=O)c2ccccc2)cc2c3ccccc3n(Cc3ccccc3)c12. The largest absolute Gasteiger partial charge is 0.334 e. The van der Waals surface area contributed by atoms with E-state index in [1.807, 2.05) is 49.4 Å². The number of benzene rings is 3. The van der Waals surface area contributed by atoms with Gasteiger partial charge in [-0.1, -0.05) is 85.8 Å². The number of fused-ring (bicyclic) bond motifs is 3. The van der Waals surface area contributed by atoms with Gasteiger partial charge in [-0.2, -0.15) is 0 Å². The van der Waals surface area contributed by atoms with Crippen LogP contribution in [0.5, 0.6) is 0 Å². The van der Waals surface area contributed by atoms with Gasteiger partial charge in [-0.05, 0) is 24.1 Å². The van der Waals surface area contributed by atoms with Crippen molar-refractivity contribution < 1.29 is 9.59 Å². The van der Waals surface area contributed by atoms with Gasteiger partial charge in [0.05, 0.1) is 11.2 Å². The molecule has 0 aliphatic heterocycles. The van der Waals surface area contributed by atoms with E-state index in [0.717, 1.165) is 39.4 Å². The lowest BCUT2D eigenvalue weighted by Gasteiger charge is -2.11. The summed E-state index contributed by atoms with van der Waals surface area (Å²) < 4.78 is 4.95. The Labute approximate surface area is 202 Å². The molecule has 1 N–H and O–H groups in total. The second kappa shape index (κ2) is 9.53. The predicted molar refractivity (Wildman–Crippen MR) is 138 cm³/mol. The molecular weight excluding hydrogens is 442 g/mol. The van der Waals surface area contributed by atoms with Crippen molar-refractivity contribution in [3.63, 3.8) is 0 Å². The van der Waals surface area contributed by atoms with Gasteiger partial charge >= 0.3 is 0 Å². The van der Waals surface area contributed by atoms with Gasteiger partial charge in [-0.3, -0.25) is 14.3 Å². The lowest BCUT2D eigenvalue weighted by molar-refractivity contribution is 0.0973. The first-order valence-electron chi connectivity index (χ1n) is 11.2. The number of nitrogens with zero attached hydrogens (tertiary/aromatic N) is 2. The van der Waals surface area contributed by atoms with Crippen molar-refractivity contribution in [2.75, 3.05) is 0 Å². The molecule has 5 rings (SSSR count). The van der Waals surface area contributed by atoms with Gasteiger partial charge in [-0.15, -0.1) is 0 Å². The number of carbonyl (C=O) groups is 2. The zero-order chi connectivity index (χ0) is 23.5. The monoisotopic (exact) mass is 465 g/mol. The average molecular weight is 466 g/mol. The molecule has 0 radical (unpaired) electrons. The Kier molecular flexibility index (Phi) is 6.14. The van der Waals surface area contributed by atoms with Gasteiger partial charge < -0.3 is 4.57 Å². The molecule has 0 saturated carbocycles. The van der Waals surface area contributed by atoms with Crippen LogP contribution < -0.4 is 4.72 Å². The summed E-state index contributed by atoms with van der Waals surface area (Å²) in [5.41, 5.74) is 5.04. The predicted octanol–water partition coefficient (Wildman–Crippen LogP) is 6.02. The van der Waals surface area contributed by atoms with E-state index in [1.165, 1.54) is 5.56 Å². The molecule has 0 unspecified atom stereocenters. The van der Waals surface area contributed by atoms with E-state index in [0.29, 0.717) is 24.2 Å². The zero-order valence-electron chi connectivity index (χ0n) is 18.7. The summed E-state index contributed by atoms with van der Waals surface area (Å²) in [6, 6.07) is 29.3. The third-order valence-electron chi connectivity index (χ3n) is 5.82. The molecule has 0 aliphatic carbocycles. The Hall–Kier alpha value is -3.90. The van der Waals surface area contributed by atoms with Gasteiger partial charge in [0, 0.05) is 40.3 Å². The highest BCUT2D eigenvalue weighted by Gasteiger charge is 2.19.